The van der Waals surface area contributed by atoms with Crippen molar-refractivity contribution in [2.45, 2.75) is 39.3 Å². The molecule has 0 unspecified atom stereocenters. The van der Waals surface area contributed by atoms with Crippen LogP contribution in [0.4, 0.5) is 0 Å². The summed E-state index contributed by atoms with van der Waals surface area (Å²) in [6.45, 7) is 10.4. The van der Waals surface area contributed by atoms with Gasteiger partial charge in [-0.15, -0.1) is 0 Å². The van der Waals surface area contributed by atoms with Crippen molar-refractivity contribution in [2.75, 3.05) is 26.2 Å². The molecule has 1 fully saturated rings. The van der Waals surface area contributed by atoms with E-state index in [1.54, 1.807) is 0 Å². The van der Waals surface area contributed by atoms with Gasteiger partial charge in [0, 0.05) is 30.7 Å². The predicted molar refractivity (Wildman–Crippen MR) is 82.7 cm³/mol. The summed E-state index contributed by atoms with van der Waals surface area (Å²) in [6, 6.07) is 8.79. The van der Waals surface area contributed by atoms with Gasteiger partial charge in [-0.05, 0) is 57.5 Å². The van der Waals surface area contributed by atoms with Crippen LogP contribution in [0.5, 0.6) is 0 Å². The van der Waals surface area contributed by atoms with Crippen LogP contribution in [0.15, 0.2) is 24.3 Å². The van der Waals surface area contributed by atoms with E-state index in [1.165, 1.54) is 38.0 Å². The Hall–Kier alpha value is -0.570. The van der Waals surface area contributed by atoms with Gasteiger partial charge in [0.25, 0.3) is 0 Å². The quantitative estimate of drug-likeness (QED) is 0.785. The lowest BCUT2D eigenvalue weighted by Gasteiger charge is -2.28. The molecule has 1 aliphatic rings. The maximum absolute atomic E-state index is 6.06. The smallest absolute Gasteiger partial charge is 0.0409 e. The van der Waals surface area contributed by atoms with Crippen LogP contribution < -0.4 is 0 Å². The monoisotopic (exact) mass is 280 g/mol. The number of rotatable bonds is 6. The summed E-state index contributed by atoms with van der Waals surface area (Å²) >= 11 is 6.06. The van der Waals surface area contributed by atoms with Crippen LogP contribution in [0.25, 0.3) is 0 Å². The van der Waals surface area contributed by atoms with Crippen molar-refractivity contribution in [2.24, 2.45) is 0 Å². The highest BCUT2D eigenvalue weighted by Crippen LogP contribution is 2.14. The second kappa shape index (κ2) is 7.28. The van der Waals surface area contributed by atoms with E-state index in [0.29, 0.717) is 6.04 Å². The van der Waals surface area contributed by atoms with E-state index in [2.05, 4.69) is 35.8 Å². The summed E-state index contributed by atoms with van der Waals surface area (Å²) in [7, 11) is 0. The Bertz CT molecular complexity index is 386. The molecule has 0 spiro atoms. The molecule has 106 valence electrons. The molecule has 0 bridgehead atoms. The molecule has 0 amide bonds. The molecule has 2 rings (SSSR count). The zero-order valence-electron chi connectivity index (χ0n) is 12.1. The first-order chi connectivity index (χ1) is 9.15. The molecule has 3 heteroatoms. The van der Waals surface area contributed by atoms with E-state index in [4.69, 9.17) is 11.6 Å². The van der Waals surface area contributed by atoms with Gasteiger partial charge in [-0.2, -0.15) is 0 Å². The lowest BCUT2D eigenvalue weighted by Crippen LogP contribution is -2.37. The molecule has 0 aliphatic carbocycles. The fourth-order valence-corrected chi connectivity index (χ4v) is 2.88. The van der Waals surface area contributed by atoms with Gasteiger partial charge in [0.05, 0.1) is 0 Å². The third kappa shape index (κ3) is 4.79. The standard InChI is InChI=1S/C16H25ClN2/c1-14(2)19(11-10-18-8-3-4-9-18)13-15-6-5-7-16(17)12-15/h5-7,12,14H,3-4,8-11,13H2,1-2H3. The number of halogens is 1. The molecule has 1 saturated heterocycles. The largest absolute Gasteiger partial charge is 0.302 e. The molecule has 0 saturated carbocycles. The summed E-state index contributed by atoms with van der Waals surface area (Å²) in [5.74, 6) is 0. The average molecular weight is 281 g/mol. The first-order valence-corrected chi connectivity index (χ1v) is 7.74. The van der Waals surface area contributed by atoms with E-state index in [9.17, 15) is 0 Å². The van der Waals surface area contributed by atoms with Gasteiger partial charge in [0.2, 0.25) is 0 Å². The normalized spacial score (nSPS) is 16.7. The van der Waals surface area contributed by atoms with Crippen molar-refractivity contribution in [1.29, 1.82) is 0 Å². The van der Waals surface area contributed by atoms with Gasteiger partial charge < -0.3 is 4.90 Å². The second-order valence-electron chi connectivity index (χ2n) is 5.74. The highest BCUT2D eigenvalue weighted by molar-refractivity contribution is 6.30. The van der Waals surface area contributed by atoms with Crippen molar-refractivity contribution in [3.8, 4) is 0 Å². The Morgan fingerprint density at radius 3 is 2.63 bits per heavy atom. The van der Waals surface area contributed by atoms with Crippen molar-refractivity contribution in [3.63, 3.8) is 0 Å². The lowest BCUT2D eigenvalue weighted by atomic mass is 10.2. The molecule has 2 nitrogen and oxygen atoms in total. The summed E-state index contributed by atoms with van der Waals surface area (Å²) in [5, 5.41) is 0.834. The van der Waals surface area contributed by atoms with Crippen molar-refractivity contribution < 1.29 is 0 Å². The van der Waals surface area contributed by atoms with Crippen molar-refractivity contribution in [3.05, 3.63) is 34.9 Å². The molecule has 0 N–H and O–H groups in total. The predicted octanol–water partition coefficient (Wildman–Crippen LogP) is 3.65. The van der Waals surface area contributed by atoms with Crippen LogP contribution in [0.3, 0.4) is 0 Å². The van der Waals surface area contributed by atoms with E-state index >= 15 is 0 Å². The molecule has 1 aromatic carbocycles. The first-order valence-electron chi connectivity index (χ1n) is 7.36. The molecular weight excluding hydrogens is 256 g/mol. The van der Waals surface area contributed by atoms with E-state index in [-0.39, 0.29) is 0 Å². The van der Waals surface area contributed by atoms with Gasteiger partial charge in [-0.25, -0.2) is 0 Å². The van der Waals surface area contributed by atoms with Crippen LogP contribution in [0, 0.1) is 0 Å². The molecule has 0 atom stereocenters. The lowest BCUT2D eigenvalue weighted by molar-refractivity contribution is 0.181. The molecule has 1 aromatic rings. The van der Waals surface area contributed by atoms with Crippen molar-refractivity contribution >= 4 is 11.6 Å². The molecule has 0 radical (unpaired) electrons. The van der Waals surface area contributed by atoms with E-state index < -0.39 is 0 Å². The van der Waals surface area contributed by atoms with Crippen LogP contribution in [0.2, 0.25) is 5.02 Å². The highest BCUT2D eigenvalue weighted by atomic mass is 35.5. The van der Waals surface area contributed by atoms with Crippen LogP contribution in [0.1, 0.15) is 32.3 Å². The number of hydrogen-bond acceptors (Lipinski definition) is 2. The number of nitrogens with zero attached hydrogens (tertiary/aromatic N) is 2. The topological polar surface area (TPSA) is 6.48 Å². The summed E-state index contributed by atoms with van der Waals surface area (Å²) < 4.78 is 0. The summed E-state index contributed by atoms with van der Waals surface area (Å²) in [4.78, 5) is 5.11. The Labute approximate surface area is 122 Å². The highest BCUT2D eigenvalue weighted by Gasteiger charge is 2.15. The van der Waals surface area contributed by atoms with E-state index in [0.717, 1.165) is 18.1 Å². The zero-order valence-corrected chi connectivity index (χ0v) is 12.9. The van der Waals surface area contributed by atoms with Gasteiger partial charge >= 0.3 is 0 Å². The minimum atomic E-state index is 0.571. The van der Waals surface area contributed by atoms with Gasteiger partial charge in [0.15, 0.2) is 0 Å². The van der Waals surface area contributed by atoms with Gasteiger partial charge in [0.1, 0.15) is 0 Å². The SMILES string of the molecule is CC(C)N(CCN1CCCC1)Cc1cccc(Cl)c1. The maximum atomic E-state index is 6.06. The molecular formula is C16H25ClN2. The Kier molecular flexibility index (Phi) is 5.68. The van der Waals surface area contributed by atoms with E-state index in [1.807, 2.05) is 12.1 Å². The average Bonchev–Trinajstić information content (AvgIpc) is 2.87. The second-order valence-corrected chi connectivity index (χ2v) is 6.18. The van der Waals surface area contributed by atoms with Crippen LogP contribution >= 0.6 is 11.6 Å². The third-order valence-electron chi connectivity index (χ3n) is 3.91. The number of hydrogen-bond donors (Lipinski definition) is 0. The third-order valence-corrected chi connectivity index (χ3v) is 4.14. The van der Waals surface area contributed by atoms with Crippen LogP contribution in [-0.2, 0) is 6.54 Å². The molecule has 1 heterocycles. The van der Waals surface area contributed by atoms with Crippen molar-refractivity contribution in [1.82, 2.24) is 9.80 Å². The fourth-order valence-electron chi connectivity index (χ4n) is 2.67. The minimum Gasteiger partial charge on any atom is -0.302 e. The summed E-state index contributed by atoms with van der Waals surface area (Å²) in [5.41, 5.74) is 1.31. The Morgan fingerprint density at radius 2 is 2.00 bits per heavy atom. The number of likely N-dealkylation sites (tertiary alicyclic amines) is 1. The zero-order chi connectivity index (χ0) is 13.7. The molecule has 1 aliphatic heterocycles. The molecule has 19 heavy (non-hydrogen) atoms. The van der Waals surface area contributed by atoms with Gasteiger partial charge in [-0.3, -0.25) is 4.90 Å². The maximum Gasteiger partial charge on any atom is 0.0409 e. The van der Waals surface area contributed by atoms with Crippen LogP contribution in [-0.4, -0.2) is 42.0 Å². The Balaban J connectivity index is 1.88. The number of benzene rings is 1. The minimum absolute atomic E-state index is 0.571. The first kappa shape index (κ1) is 14.8. The Morgan fingerprint density at radius 1 is 1.26 bits per heavy atom. The molecule has 0 aromatic heterocycles. The summed E-state index contributed by atoms with van der Waals surface area (Å²) in [6.07, 6.45) is 2.74. The van der Waals surface area contributed by atoms with Gasteiger partial charge in [-0.1, -0.05) is 23.7 Å². The fraction of sp³-hybridized carbons (Fsp3) is 0.625.